The molecule has 0 saturated heterocycles. The Bertz CT molecular complexity index is 872. The van der Waals surface area contributed by atoms with E-state index in [2.05, 4.69) is 20.7 Å². The molecule has 128 valence electrons. The molecular weight excluding hydrogens is 388 g/mol. The summed E-state index contributed by atoms with van der Waals surface area (Å²) in [6.45, 7) is 1.59. The number of carbonyl (C=O) groups excluding carboxylic acids is 2. The van der Waals surface area contributed by atoms with Crippen molar-refractivity contribution in [1.29, 1.82) is 0 Å². The van der Waals surface area contributed by atoms with Gasteiger partial charge in [0.05, 0.1) is 12.7 Å². The van der Waals surface area contributed by atoms with Crippen molar-refractivity contribution >= 4 is 33.8 Å². The summed E-state index contributed by atoms with van der Waals surface area (Å²) in [7, 11) is 1.30. The highest BCUT2D eigenvalue weighted by Gasteiger charge is 2.28. The summed E-state index contributed by atoms with van der Waals surface area (Å²) >= 11 is 3.44. The molecule has 3 rings (SSSR count). The van der Waals surface area contributed by atoms with Crippen LogP contribution in [-0.4, -0.2) is 25.0 Å². The highest BCUT2D eigenvalue weighted by molar-refractivity contribution is 9.10. The van der Waals surface area contributed by atoms with E-state index in [4.69, 9.17) is 9.47 Å². The monoisotopic (exact) mass is 402 g/mol. The molecule has 0 amide bonds. The van der Waals surface area contributed by atoms with E-state index in [1.807, 2.05) is 24.3 Å². The number of rotatable bonds is 4. The van der Waals surface area contributed by atoms with E-state index < -0.39 is 12.1 Å². The van der Waals surface area contributed by atoms with Crippen molar-refractivity contribution in [3.63, 3.8) is 0 Å². The quantitative estimate of drug-likeness (QED) is 0.571. The SMILES string of the molecule is COC(=O)C(C)Oc1ccc2c(c1)OC(=Cc1ccccc1Br)C2=O. The summed E-state index contributed by atoms with van der Waals surface area (Å²) in [4.78, 5) is 23.9. The van der Waals surface area contributed by atoms with Crippen molar-refractivity contribution in [1.82, 2.24) is 0 Å². The number of ether oxygens (including phenoxy) is 3. The second kappa shape index (κ2) is 7.11. The number of allylic oxidation sites excluding steroid dienone is 1. The van der Waals surface area contributed by atoms with Crippen LogP contribution in [0.1, 0.15) is 22.8 Å². The zero-order valence-corrected chi connectivity index (χ0v) is 15.2. The summed E-state index contributed by atoms with van der Waals surface area (Å²) < 4.78 is 16.7. The third-order valence-corrected chi connectivity index (χ3v) is 4.40. The third kappa shape index (κ3) is 3.58. The summed E-state index contributed by atoms with van der Waals surface area (Å²) in [6, 6.07) is 12.4. The topological polar surface area (TPSA) is 61.8 Å². The molecular formula is C19H15BrO5. The molecule has 0 aliphatic carbocycles. The van der Waals surface area contributed by atoms with Crippen LogP contribution in [0, 0.1) is 0 Å². The smallest absolute Gasteiger partial charge is 0.346 e. The maximum atomic E-state index is 12.5. The lowest BCUT2D eigenvalue weighted by atomic mass is 10.1. The van der Waals surface area contributed by atoms with Gasteiger partial charge in [0, 0.05) is 10.5 Å². The van der Waals surface area contributed by atoms with E-state index >= 15 is 0 Å². The van der Waals surface area contributed by atoms with E-state index in [1.165, 1.54) is 7.11 Å². The Morgan fingerprint density at radius 2 is 2.00 bits per heavy atom. The molecule has 1 aliphatic heterocycles. The number of ketones is 1. The minimum Gasteiger partial charge on any atom is -0.479 e. The van der Waals surface area contributed by atoms with E-state index in [0.29, 0.717) is 17.1 Å². The van der Waals surface area contributed by atoms with Crippen molar-refractivity contribution in [2.45, 2.75) is 13.0 Å². The Kier molecular flexibility index (Phi) is 4.90. The molecule has 5 nitrogen and oxygen atoms in total. The molecule has 0 aromatic heterocycles. The van der Waals surface area contributed by atoms with Crippen molar-refractivity contribution < 1.29 is 23.8 Å². The van der Waals surface area contributed by atoms with Crippen LogP contribution < -0.4 is 9.47 Å². The second-order valence-electron chi connectivity index (χ2n) is 5.40. The standard InChI is InChI=1S/C19H15BrO5/c1-11(19(22)23-2)24-13-7-8-14-16(10-13)25-17(18(14)21)9-12-5-3-4-6-15(12)20/h3-11H,1-2H3. The van der Waals surface area contributed by atoms with Gasteiger partial charge in [0.15, 0.2) is 11.9 Å². The Morgan fingerprint density at radius 3 is 2.72 bits per heavy atom. The number of halogens is 1. The van der Waals surface area contributed by atoms with Crippen LogP contribution >= 0.6 is 15.9 Å². The van der Waals surface area contributed by atoms with E-state index in [1.54, 1.807) is 31.2 Å². The van der Waals surface area contributed by atoms with Crippen LogP contribution in [0.15, 0.2) is 52.7 Å². The number of methoxy groups -OCH3 is 1. The Labute approximate surface area is 153 Å². The van der Waals surface area contributed by atoms with Gasteiger partial charge in [0.2, 0.25) is 5.78 Å². The van der Waals surface area contributed by atoms with Gasteiger partial charge >= 0.3 is 5.97 Å². The Morgan fingerprint density at radius 1 is 1.24 bits per heavy atom. The van der Waals surface area contributed by atoms with E-state index in [-0.39, 0.29) is 11.5 Å². The van der Waals surface area contributed by atoms with Crippen LogP contribution in [0.4, 0.5) is 0 Å². The molecule has 6 heteroatoms. The molecule has 0 N–H and O–H groups in total. The average Bonchev–Trinajstić information content (AvgIpc) is 2.91. The number of fused-ring (bicyclic) bond motifs is 1. The number of carbonyl (C=O) groups is 2. The second-order valence-corrected chi connectivity index (χ2v) is 6.26. The van der Waals surface area contributed by atoms with Gasteiger partial charge in [-0.15, -0.1) is 0 Å². The van der Waals surface area contributed by atoms with Gasteiger partial charge in [0.25, 0.3) is 0 Å². The van der Waals surface area contributed by atoms with Crippen LogP contribution in [0.5, 0.6) is 11.5 Å². The number of Topliss-reactive ketones (excluding diaryl/α,β-unsaturated/α-hetero) is 1. The molecule has 0 saturated carbocycles. The average molecular weight is 403 g/mol. The molecule has 1 atom stereocenters. The minimum atomic E-state index is -0.754. The predicted octanol–water partition coefficient (Wildman–Crippen LogP) is 4.01. The Balaban J connectivity index is 1.84. The molecule has 1 heterocycles. The van der Waals surface area contributed by atoms with Gasteiger partial charge < -0.3 is 14.2 Å². The number of hydrogen-bond donors (Lipinski definition) is 0. The lowest BCUT2D eigenvalue weighted by molar-refractivity contribution is -0.147. The van der Waals surface area contributed by atoms with Crippen molar-refractivity contribution in [3.8, 4) is 11.5 Å². The lowest BCUT2D eigenvalue weighted by Crippen LogP contribution is -2.24. The lowest BCUT2D eigenvalue weighted by Gasteiger charge is -2.12. The van der Waals surface area contributed by atoms with E-state index in [0.717, 1.165) is 10.0 Å². The highest BCUT2D eigenvalue weighted by atomic mass is 79.9. The number of esters is 1. The molecule has 0 fully saturated rings. The summed E-state index contributed by atoms with van der Waals surface area (Å²) in [5.74, 6) is 0.384. The fourth-order valence-electron chi connectivity index (χ4n) is 2.39. The fraction of sp³-hybridized carbons (Fsp3) is 0.158. The van der Waals surface area contributed by atoms with Crippen LogP contribution in [0.3, 0.4) is 0 Å². The molecule has 0 bridgehead atoms. The number of hydrogen-bond acceptors (Lipinski definition) is 5. The van der Waals surface area contributed by atoms with Crippen molar-refractivity contribution in [3.05, 3.63) is 63.8 Å². The van der Waals surface area contributed by atoms with E-state index in [9.17, 15) is 9.59 Å². The molecule has 25 heavy (non-hydrogen) atoms. The zero-order chi connectivity index (χ0) is 18.0. The largest absolute Gasteiger partial charge is 0.479 e. The van der Waals surface area contributed by atoms with Gasteiger partial charge in [0.1, 0.15) is 11.5 Å². The van der Waals surface area contributed by atoms with Crippen molar-refractivity contribution in [2.24, 2.45) is 0 Å². The summed E-state index contributed by atoms with van der Waals surface area (Å²) in [5.41, 5.74) is 1.30. The normalized spacial score (nSPS) is 15.5. The van der Waals surface area contributed by atoms with Gasteiger partial charge in [-0.3, -0.25) is 4.79 Å². The molecule has 0 spiro atoms. The number of benzene rings is 2. The van der Waals surface area contributed by atoms with Gasteiger partial charge in [-0.1, -0.05) is 34.1 Å². The molecule has 1 aliphatic rings. The predicted molar refractivity (Wildman–Crippen MR) is 95.6 cm³/mol. The molecule has 1 unspecified atom stereocenters. The first kappa shape index (κ1) is 17.2. The van der Waals surface area contributed by atoms with Crippen molar-refractivity contribution in [2.75, 3.05) is 7.11 Å². The summed E-state index contributed by atoms with van der Waals surface area (Å²) in [5, 5.41) is 0. The first-order chi connectivity index (χ1) is 12.0. The van der Waals surface area contributed by atoms with Crippen LogP contribution in [0.25, 0.3) is 6.08 Å². The first-order valence-electron chi connectivity index (χ1n) is 7.57. The van der Waals surface area contributed by atoms with Crippen LogP contribution in [0.2, 0.25) is 0 Å². The maximum absolute atomic E-state index is 12.5. The van der Waals surface area contributed by atoms with Gasteiger partial charge in [-0.25, -0.2) is 4.79 Å². The highest BCUT2D eigenvalue weighted by Crippen LogP contribution is 2.35. The summed E-state index contributed by atoms with van der Waals surface area (Å²) in [6.07, 6.45) is 0.930. The van der Waals surface area contributed by atoms with Crippen LogP contribution in [-0.2, 0) is 9.53 Å². The first-order valence-corrected chi connectivity index (χ1v) is 8.36. The zero-order valence-electron chi connectivity index (χ0n) is 13.6. The molecule has 2 aromatic carbocycles. The van der Waals surface area contributed by atoms with Gasteiger partial charge in [-0.2, -0.15) is 0 Å². The third-order valence-electron chi connectivity index (χ3n) is 3.68. The fourth-order valence-corrected chi connectivity index (χ4v) is 2.79. The minimum absolute atomic E-state index is 0.196. The maximum Gasteiger partial charge on any atom is 0.346 e. The molecule has 0 radical (unpaired) electrons. The van der Waals surface area contributed by atoms with Gasteiger partial charge in [-0.05, 0) is 36.8 Å². The Hall–Kier alpha value is -2.60. The molecule has 2 aromatic rings.